The average Bonchev–Trinajstić information content (AvgIpc) is 2.89. The number of nitriles is 1. The van der Waals surface area contributed by atoms with Crippen LogP contribution in [0.25, 0.3) is 0 Å². The molecule has 2 aromatic rings. The number of aromatic nitrogens is 2. The molecule has 4 nitrogen and oxygen atoms in total. The van der Waals surface area contributed by atoms with Crippen molar-refractivity contribution in [1.82, 2.24) is 10.2 Å². The zero-order chi connectivity index (χ0) is 13.4. The summed E-state index contributed by atoms with van der Waals surface area (Å²) in [6, 6.07) is 4.44. The highest BCUT2D eigenvalue weighted by Crippen LogP contribution is 2.29. The van der Waals surface area contributed by atoms with Gasteiger partial charge < -0.3 is 4.90 Å². The lowest BCUT2D eigenvalue weighted by atomic mass is 10.1. The number of aryl methyl sites for hydroxylation is 1. The lowest BCUT2D eigenvalue weighted by Gasteiger charge is -2.28. The van der Waals surface area contributed by atoms with Gasteiger partial charge in [-0.1, -0.05) is 0 Å². The van der Waals surface area contributed by atoms with Gasteiger partial charge in [0.2, 0.25) is 0 Å². The summed E-state index contributed by atoms with van der Waals surface area (Å²) in [5.41, 5.74) is 3.77. The third-order valence-electron chi connectivity index (χ3n) is 3.66. The van der Waals surface area contributed by atoms with Crippen LogP contribution in [0.4, 0.5) is 5.82 Å². The first-order valence-corrected chi connectivity index (χ1v) is 7.13. The van der Waals surface area contributed by atoms with E-state index in [9.17, 15) is 5.26 Å². The van der Waals surface area contributed by atoms with Crippen molar-refractivity contribution in [3.05, 3.63) is 38.7 Å². The van der Waals surface area contributed by atoms with E-state index in [2.05, 4.69) is 32.6 Å². The highest BCUT2D eigenvalue weighted by Gasteiger charge is 2.22. The van der Waals surface area contributed by atoms with Crippen LogP contribution in [0.3, 0.4) is 0 Å². The molecule has 96 valence electrons. The second-order valence-corrected chi connectivity index (χ2v) is 5.76. The van der Waals surface area contributed by atoms with Gasteiger partial charge in [0.05, 0.1) is 5.69 Å². The Hall–Kier alpha value is -1.93. The zero-order valence-corrected chi connectivity index (χ0v) is 11.8. The molecular weight excluding hydrogens is 256 g/mol. The largest absolute Gasteiger partial charge is 0.349 e. The molecule has 0 aromatic carbocycles. The fourth-order valence-electron chi connectivity index (χ4n) is 2.38. The van der Waals surface area contributed by atoms with Gasteiger partial charge >= 0.3 is 0 Å². The number of nitrogens with zero attached hydrogens (tertiary/aromatic N) is 4. The molecule has 0 amide bonds. The fourth-order valence-corrected chi connectivity index (χ4v) is 3.27. The van der Waals surface area contributed by atoms with Gasteiger partial charge in [-0.05, 0) is 42.8 Å². The van der Waals surface area contributed by atoms with Crippen LogP contribution in [0.5, 0.6) is 0 Å². The van der Waals surface area contributed by atoms with Crippen molar-refractivity contribution in [1.29, 1.82) is 5.26 Å². The van der Waals surface area contributed by atoms with Crippen LogP contribution in [0.15, 0.2) is 11.4 Å². The molecule has 0 saturated carbocycles. The normalized spacial score (nSPS) is 14.1. The number of fused-ring (bicyclic) bond motifs is 1. The Morgan fingerprint density at radius 1 is 1.37 bits per heavy atom. The van der Waals surface area contributed by atoms with Gasteiger partial charge in [-0.25, -0.2) is 0 Å². The van der Waals surface area contributed by atoms with E-state index in [1.54, 1.807) is 0 Å². The van der Waals surface area contributed by atoms with Crippen LogP contribution in [0, 0.1) is 25.2 Å². The highest BCUT2D eigenvalue weighted by molar-refractivity contribution is 7.10. The minimum atomic E-state index is 0.658. The molecule has 1 aliphatic rings. The van der Waals surface area contributed by atoms with Crippen LogP contribution in [-0.2, 0) is 13.0 Å². The molecule has 0 aliphatic carbocycles. The van der Waals surface area contributed by atoms with E-state index in [-0.39, 0.29) is 0 Å². The van der Waals surface area contributed by atoms with Gasteiger partial charge in [0, 0.05) is 18.0 Å². The van der Waals surface area contributed by atoms with Gasteiger partial charge in [0.15, 0.2) is 5.82 Å². The van der Waals surface area contributed by atoms with Gasteiger partial charge in [-0.3, -0.25) is 0 Å². The molecular formula is C14H14N4S. The van der Waals surface area contributed by atoms with Crippen LogP contribution < -0.4 is 4.90 Å². The second kappa shape index (κ2) is 4.63. The maximum Gasteiger partial charge on any atom is 0.169 e. The van der Waals surface area contributed by atoms with Crippen molar-refractivity contribution in [2.75, 3.05) is 11.4 Å². The fraction of sp³-hybridized carbons (Fsp3) is 0.357. The molecule has 0 radical (unpaired) electrons. The predicted molar refractivity (Wildman–Crippen MR) is 75.3 cm³/mol. The van der Waals surface area contributed by atoms with Crippen molar-refractivity contribution in [3.63, 3.8) is 0 Å². The minimum Gasteiger partial charge on any atom is -0.349 e. The highest BCUT2D eigenvalue weighted by atomic mass is 32.1. The number of thiophene rings is 1. The maximum atomic E-state index is 9.37. The average molecular weight is 270 g/mol. The van der Waals surface area contributed by atoms with E-state index in [4.69, 9.17) is 0 Å². The molecule has 19 heavy (non-hydrogen) atoms. The van der Waals surface area contributed by atoms with E-state index >= 15 is 0 Å². The monoisotopic (exact) mass is 270 g/mol. The Balaban J connectivity index is 2.01. The van der Waals surface area contributed by atoms with Gasteiger partial charge in [0.1, 0.15) is 11.6 Å². The molecule has 0 unspecified atom stereocenters. The van der Waals surface area contributed by atoms with E-state index in [0.717, 1.165) is 36.6 Å². The van der Waals surface area contributed by atoms with Crippen molar-refractivity contribution < 1.29 is 0 Å². The molecule has 0 fully saturated rings. The molecule has 0 atom stereocenters. The predicted octanol–water partition coefficient (Wildman–Crippen LogP) is 2.59. The summed E-state index contributed by atoms with van der Waals surface area (Å²) in [4.78, 5) is 3.61. The number of hydrogen-bond acceptors (Lipinski definition) is 5. The van der Waals surface area contributed by atoms with E-state index < -0.39 is 0 Å². The Morgan fingerprint density at radius 2 is 2.21 bits per heavy atom. The van der Waals surface area contributed by atoms with Crippen molar-refractivity contribution in [2.24, 2.45) is 0 Å². The summed E-state index contributed by atoms with van der Waals surface area (Å²) in [5.74, 6) is 0.724. The molecule has 0 bridgehead atoms. The van der Waals surface area contributed by atoms with Crippen molar-refractivity contribution >= 4 is 17.2 Å². The molecule has 5 heteroatoms. The van der Waals surface area contributed by atoms with Gasteiger partial charge in [-0.2, -0.15) is 10.4 Å². The smallest absolute Gasteiger partial charge is 0.169 e. The third kappa shape index (κ3) is 1.98. The van der Waals surface area contributed by atoms with Crippen molar-refractivity contribution in [3.8, 4) is 6.07 Å². The number of anilines is 1. The summed E-state index contributed by atoms with van der Waals surface area (Å²) >= 11 is 1.81. The molecule has 3 rings (SSSR count). The van der Waals surface area contributed by atoms with E-state index in [1.807, 2.05) is 25.2 Å². The van der Waals surface area contributed by atoms with Crippen LogP contribution in [-0.4, -0.2) is 16.7 Å². The Bertz CT molecular complexity index is 669. The lowest BCUT2D eigenvalue weighted by Crippen LogP contribution is -2.31. The molecule has 0 saturated heterocycles. The third-order valence-corrected chi connectivity index (χ3v) is 4.68. The quantitative estimate of drug-likeness (QED) is 0.799. The maximum absolute atomic E-state index is 9.37. The summed E-state index contributed by atoms with van der Waals surface area (Å²) in [5, 5.41) is 19.9. The summed E-state index contributed by atoms with van der Waals surface area (Å²) in [7, 11) is 0. The van der Waals surface area contributed by atoms with Gasteiger partial charge in [0.25, 0.3) is 0 Å². The number of rotatable bonds is 1. The minimum absolute atomic E-state index is 0.658. The first-order valence-electron chi connectivity index (χ1n) is 6.25. The van der Waals surface area contributed by atoms with E-state index in [0.29, 0.717) is 5.56 Å². The zero-order valence-electron chi connectivity index (χ0n) is 11.0. The molecule has 0 N–H and O–H groups in total. The topological polar surface area (TPSA) is 52.8 Å². The standard InChI is InChI=1S/C14H14N4S/c1-9-10(2)16-17-14(12(9)7-15)18-5-3-13-11(8-18)4-6-19-13/h4,6H,3,5,8H2,1-2H3. The SMILES string of the molecule is Cc1nnc(N2CCc3sccc3C2)c(C#N)c1C. The van der Waals surface area contributed by atoms with Crippen molar-refractivity contribution in [2.45, 2.75) is 26.8 Å². The Kier molecular flexibility index (Phi) is 2.96. The first-order chi connectivity index (χ1) is 9.20. The second-order valence-electron chi connectivity index (χ2n) is 4.76. The molecule has 3 heterocycles. The molecule has 0 spiro atoms. The lowest BCUT2D eigenvalue weighted by molar-refractivity contribution is 0.718. The Morgan fingerprint density at radius 3 is 3.00 bits per heavy atom. The summed E-state index contributed by atoms with van der Waals surface area (Å²) in [6.07, 6.45) is 1.02. The van der Waals surface area contributed by atoms with Crippen LogP contribution in [0.1, 0.15) is 27.3 Å². The van der Waals surface area contributed by atoms with Crippen LogP contribution >= 0.6 is 11.3 Å². The Labute approximate surface area is 116 Å². The summed E-state index contributed by atoms with van der Waals surface area (Å²) < 4.78 is 0. The summed E-state index contributed by atoms with van der Waals surface area (Å²) in [6.45, 7) is 5.55. The van der Waals surface area contributed by atoms with E-state index in [1.165, 1.54) is 10.4 Å². The number of hydrogen-bond donors (Lipinski definition) is 0. The van der Waals surface area contributed by atoms with Crippen LogP contribution in [0.2, 0.25) is 0 Å². The van der Waals surface area contributed by atoms with Gasteiger partial charge in [-0.15, -0.1) is 16.4 Å². The first kappa shape index (κ1) is 12.1. The molecule has 1 aliphatic heterocycles. The molecule has 2 aromatic heterocycles.